The van der Waals surface area contributed by atoms with E-state index in [-0.39, 0.29) is 18.0 Å². The summed E-state index contributed by atoms with van der Waals surface area (Å²) in [5, 5.41) is 10.0. The molecular weight excluding hydrogens is 476 g/mol. The van der Waals surface area contributed by atoms with Crippen LogP contribution in [0.1, 0.15) is 55.8 Å². The Balaban J connectivity index is 1.74. The zero-order chi connectivity index (χ0) is 25.9. The van der Waals surface area contributed by atoms with E-state index in [4.69, 9.17) is 11.6 Å². The summed E-state index contributed by atoms with van der Waals surface area (Å²) < 4.78 is 4.65. The van der Waals surface area contributed by atoms with Gasteiger partial charge in [0.15, 0.2) is 0 Å². The van der Waals surface area contributed by atoms with Crippen LogP contribution >= 0.6 is 11.6 Å². The van der Waals surface area contributed by atoms with Gasteiger partial charge >= 0.3 is 6.09 Å². The third-order valence-corrected chi connectivity index (χ3v) is 7.18. The smallest absolute Gasteiger partial charge is 0.406 e. The summed E-state index contributed by atoms with van der Waals surface area (Å²) >= 11 is 6.27. The van der Waals surface area contributed by atoms with Crippen molar-refractivity contribution in [3.63, 3.8) is 0 Å². The molecule has 0 aromatic heterocycles. The lowest BCUT2D eigenvalue weighted by Gasteiger charge is -2.34. The highest BCUT2D eigenvalue weighted by molar-refractivity contribution is 6.30. The third-order valence-electron chi connectivity index (χ3n) is 6.94. The average Bonchev–Trinajstić information content (AvgIpc) is 2.89. The van der Waals surface area contributed by atoms with Gasteiger partial charge in [0.05, 0.1) is 7.11 Å². The quantitative estimate of drug-likeness (QED) is 0.344. The Morgan fingerprint density at radius 3 is 2.44 bits per heavy atom. The van der Waals surface area contributed by atoms with Crippen molar-refractivity contribution < 1.29 is 14.3 Å². The zero-order valence-electron chi connectivity index (χ0n) is 21.6. The van der Waals surface area contributed by atoms with Crippen molar-refractivity contribution >= 4 is 35.0 Å². The minimum Gasteiger partial charge on any atom is -0.453 e. The maximum absolute atomic E-state index is 13.3. The molecule has 1 saturated carbocycles. The number of carbonyl (C=O) groups is 2. The molecule has 196 valence electrons. The van der Waals surface area contributed by atoms with Crippen molar-refractivity contribution in [2.75, 3.05) is 32.1 Å². The fourth-order valence-electron chi connectivity index (χ4n) is 5.13. The SMILES string of the molecule is CNC(C1CCCCC1)C(C)NC(=O)c1cccc(N(CCCNC(=O)OC)c2cccc(Cl)c2)c1. The number of ether oxygens (including phenoxy) is 1. The second-order valence-corrected chi connectivity index (χ2v) is 9.86. The van der Waals surface area contributed by atoms with E-state index in [1.54, 1.807) is 0 Å². The summed E-state index contributed by atoms with van der Waals surface area (Å²) in [5.74, 6) is 0.501. The molecule has 3 rings (SSSR count). The Kier molecular flexibility index (Phi) is 10.9. The van der Waals surface area contributed by atoms with Crippen LogP contribution in [0.15, 0.2) is 48.5 Å². The van der Waals surface area contributed by atoms with Crippen molar-refractivity contribution in [1.29, 1.82) is 0 Å². The van der Waals surface area contributed by atoms with E-state index in [1.165, 1.54) is 39.2 Å². The van der Waals surface area contributed by atoms with E-state index < -0.39 is 6.09 Å². The number of hydrogen-bond acceptors (Lipinski definition) is 5. The molecule has 0 radical (unpaired) electrons. The van der Waals surface area contributed by atoms with Crippen LogP contribution in [-0.2, 0) is 4.74 Å². The summed E-state index contributed by atoms with van der Waals surface area (Å²) in [4.78, 5) is 26.8. The van der Waals surface area contributed by atoms with Gasteiger partial charge < -0.3 is 25.6 Å². The molecule has 0 heterocycles. The molecule has 1 fully saturated rings. The highest BCUT2D eigenvalue weighted by Crippen LogP contribution is 2.30. The number of likely N-dealkylation sites (N-methyl/N-ethyl adjacent to an activating group) is 1. The van der Waals surface area contributed by atoms with E-state index in [1.807, 2.05) is 55.6 Å². The van der Waals surface area contributed by atoms with Gasteiger partial charge in [-0.2, -0.15) is 0 Å². The number of carbonyl (C=O) groups excluding carboxylic acids is 2. The van der Waals surface area contributed by atoms with Gasteiger partial charge in [-0.3, -0.25) is 4.79 Å². The Bertz CT molecular complexity index is 996. The van der Waals surface area contributed by atoms with Crippen LogP contribution in [0.25, 0.3) is 0 Å². The highest BCUT2D eigenvalue weighted by atomic mass is 35.5. The van der Waals surface area contributed by atoms with Crippen LogP contribution in [0.2, 0.25) is 5.02 Å². The second-order valence-electron chi connectivity index (χ2n) is 9.43. The maximum atomic E-state index is 13.3. The molecule has 36 heavy (non-hydrogen) atoms. The summed E-state index contributed by atoms with van der Waals surface area (Å²) in [6.45, 7) is 3.17. The van der Waals surface area contributed by atoms with Gasteiger partial charge in [-0.05, 0) is 75.5 Å². The molecule has 8 heteroatoms. The lowest BCUT2D eigenvalue weighted by Crippen LogP contribution is -2.51. The number of alkyl carbamates (subject to hydrolysis) is 1. The minimum absolute atomic E-state index is 0.0164. The normalized spacial score (nSPS) is 15.6. The number of nitrogens with one attached hydrogen (secondary N) is 3. The Hall–Kier alpha value is -2.77. The Morgan fingerprint density at radius 2 is 1.78 bits per heavy atom. The number of nitrogens with zero attached hydrogens (tertiary/aromatic N) is 1. The largest absolute Gasteiger partial charge is 0.453 e. The molecule has 0 spiro atoms. The fourth-order valence-corrected chi connectivity index (χ4v) is 5.32. The minimum atomic E-state index is -0.454. The van der Waals surface area contributed by atoms with Crippen molar-refractivity contribution in [3.8, 4) is 0 Å². The van der Waals surface area contributed by atoms with E-state index in [2.05, 4.69) is 32.5 Å². The van der Waals surface area contributed by atoms with Crippen molar-refractivity contribution in [2.45, 2.75) is 57.5 Å². The first-order valence-electron chi connectivity index (χ1n) is 12.9. The van der Waals surface area contributed by atoms with Gasteiger partial charge in [-0.25, -0.2) is 4.79 Å². The van der Waals surface area contributed by atoms with Crippen LogP contribution < -0.4 is 20.9 Å². The predicted molar refractivity (Wildman–Crippen MR) is 146 cm³/mol. The molecule has 2 amide bonds. The molecule has 0 aliphatic heterocycles. The van der Waals surface area contributed by atoms with Crippen LogP contribution in [0, 0.1) is 5.92 Å². The van der Waals surface area contributed by atoms with Crippen molar-refractivity contribution in [1.82, 2.24) is 16.0 Å². The van der Waals surface area contributed by atoms with E-state index >= 15 is 0 Å². The summed E-state index contributed by atoms with van der Waals surface area (Å²) in [6.07, 6.45) is 6.48. The number of rotatable bonds is 11. The molecule has 2 aromatic carbocycles. The molecule has 0 bridgehead atoms. The molecule has 0 saturated heterocycles. The topological polar surface area (TPSA) is 82.7 Å². The lowest BCUT2D eigenvalue weighted by atomic mass is 9.81. The lowest BCUT2D eigenvalue weighted by molar-refractivity contribution is 0.0920. The number of benzene rings is 2. The predicted octanol–water partition coefficient (Wildman–Crippen LogP) is 5.51. The first-order chi connectivity index (χ1) is 17.4. The summed E-state index contributed by atoms with van der Waals surface area (Å²) in [5.41, 5.74) is 2.41. The molecular formula is C28H39ClN4O3. The Morgan fingerprint density at radius 1 is 1.08 bits per heavy atom. The van der Waals surface area contributed by atoms with Gasteiger partial charge in [0, 0.05) is 47.1 Å². The van der Waals surface area contributed by atoms with E-state index in [0.29, 0.717) is 36.0 Å². The molecule has 2 unspecified atom stereocenters. The van der Waals surface area contributed by atoms with Gasteiger partial charge in [-0.1, -0.05) is 43.0 Å². The number of hydrogen-bond donors (Lipinski definition) is 3. The number of methoxy groups -OCH3 is 1. The van der Waals surface area contributed by atoms with Crippen LogP contribution in [-0.4, -0.2) is 51.3 Å². The van der Waals surface area contributed by atoms with Crippen LogP contribution in [0.3, 0.4) is 0 Å². The van der Waals surface area contributed by atoms with E-state index in [9.17, 15) is 9.59 Å². The van der Waals surface area contributed by atoms with Crippen LogP contribution in [0.5, 0.6) is 0 Å². The molecule has 2 aromatic rings. The van der Waals surface area contributed by atoms with Gasteiger partial charge in [0.2, 0.25) is 0 Å². The average molecular weight is 515 g/mol. The van der Waals surface area contributed by atoms with E-state index in [0.717, 1.165) is 11.4 Å². The first kappa shape index (κ1) is 27.8. The Labute approximate surface area is 219 Å². The summed E-state index contributed by atoms with van der Waals surface area (Å²) in [7, 11) is 3.33. The van der Waals surface area contributed by atoms with Crippen molar-refractivity contribution in [3.05, 3.63) is 59.1 Å². The molecule has 1 aliphatic rings. The van der Waals surface area contributed by atoms with Crippen molar-refractivity contribution in [2.24, 2.45) is 5.92 Å². The fraction of sp³-hybridized carbons (Fsp3) is 0.500. The van der Waals surface area contributed by atoms with Gasteiger partial charge in [0.25, 0.3) is 5.91 Å². The molecule has 3 N–H and O–H groups in total. The molecule has 7 nitrogen and oxygen atoms in total. The monoisotopic (exact) mass is 514 g/mol. The number of amides is 2. The summed E-state index contributed by atoms with van der Waals surface area (Å²) in [6, 6.07) is 15.5. The highest BCUT2D eigenvalue weighted by Gasteiger charge is 2.28. The molecule has 2 atom stereocenters. The number of halogens is 1. The molecule has 1 aliphatic carbocycles. The van der Waals surface area contributed by atoms with Crippen LogP contribution in [0.4, 0.5) is 16.2 Å². The number of anilines is 2. The second kappa shape index (κ2) is 14.1. The van der Waals surface area contributed by atoms with Gasteiger partial charge in [0.1, 0.15) is 0 Å². The third kappa shape index (κ3) is 7.87. The first-order valence-corrected chi connectivity index (χ1v) is 13.2. The zero-order valence-corrected chi connectivity index (χ0v) is 22.3. The maximum Gasteiger partial charge on any atom is 0.406 e. The standard InChI is InChI=1S/C28H39ClN4O3/c1-20(26(30-2)21-10-5-4-6-11-21)32-27(34)22-12-7-14-24(18-22)33(17-9-16-31-28(35)36-3)25-15-8-13-23(29)19-25/h7-8,12-15,18-21,26,30H,4-6,9-11,16-17H2,1-3H3,(H,31,35)(H,32,34). The van der Waals surface area contributed by atoms with Gasteiger partial charge in [-0.15, -0.1) is 0 Å².